The van der Waals surface area contributed by atoms with Gasteiger partial charge in [0.05, 0.1) is 0 Å². The van der Waals surface area contributed by atoms with Gasteiger partial charge in [0.2, 0.25) is 5.91 Å². The van der Waals surface area contributed by atoms with Gasteiger partial charge in [0.25, 0.3) is 0 Å². The lowest BCUT2D eigenvalue weighted by Crippen LogP contribution is -2.40. The van der Waals surface area contributed by atoms with Crippen LogP contribution in [0.1, 0.15) is 44.6 Å². The molecule has 2 aliphatic carbocycles. The second kappa shape index (κ2) is 5.99. The molecule has 2 saturated carbocycles. The van der Waals surface area contributed by atoms with E-state index in [9.17, 15) is 4.79 Å². The van der Waals surface area contributed by atoms with Gasteiger partial charge in [-0.2, -0.15) is 0 Å². The van der Waals surface area contributed by atoms with Gasteiger partial charge in [0, 0.05) is 12.5 Å². The van der Waals surface area contributed by atoms with E-state index in [2.05, 4.69) is 24.4 Å². The zero-order chi connectivity index (χ0) is 13.9. The van der Waals surface area contributed by atoms with E-state index in [4.69, 9.17) is 0 Å². The standard InChI is InChI=1S/C18H25NO/c1-13(17-12-15-7-9-16(17)11-15)19-18(20)10-8-14-5-3-2-4-6-14/h2-6,13,15-17H,7-12H2,1H3,(H,19,20)/t13-,15-,16-,17+/m1/s1. The van der Waals surface area contributed by atoms with Crippen LogP contribution in [0.2, 0.25) is 0 Å². The highest BCUT2D eigenvalue weighted by molar-refractivity contribution is 5.76. The lowest BCUT2D eigenvalue weighted by atomic mass is 9.84. The Morgan fingerprint density at radius 3 is 2.70 bits per heavy atom. The fourth-order valence-electron chi connectivity index (χ4n) is 4.24. The number of aryl methyl sites for hydroxylation is 1. The van der Waals surface area contributed by atoms with Gasteiger partial charge in [-0.1, -0.05) is 36.8 Å². The summed E-state index contributed by atoms with van der Waals surface area (Å²) in [6.45, 7) is 2.20. The first-order valence-corrected chi connectivity index (χ1v) is 8.05. The van der Waals surface area contributed by atoms with Crippen LogP contribution in [0.3, 0.4) is 0 Å². The molecule has 1 N–H and O–H groups in total. The van der Waals surface area contributed by atoms with Gasteiger partial charge in [-0.25, -0.2) is 0 Å². The quantitative estimate of drug-likeness (QED) is 0.871. The molecular weight excluding hydrogens is 246 g/mol. The van der Waals surface area contributed by atoms with Crippen molar-refractivity contribution in [3.05, 3.63) is 35.9 Å². The summed E-state index contributed by atoms with van der Waals surface area (Å²) in [5.41, 5.74) is 1.25. The number of hydrogen-bond donors (Lipinski definition) is 1. The second-order valence-corrected chi connectivity index (χ2v) is 6.68. The summed E-state index contributed by atoms with van der Waals surface area (Å²) in [6.07, 6.45) is 7.01. The summed E-state index contributed by atoms with van der Waals surface area (Å²) in [5, 5.41) is 3.24. The van der Waals surface area contributed by atoms with Crippen LogP contribution in [0.25, 0.3) is 0 Å². The van der Waals surface area contributed by atoms with Crippen molar-refractivity contribution in [2.75, 3.05) is 0 Å². The zero-order valence-electron chi connectivity index (χ0n) is 12.3. The SMILES string of the molecule is C[C@@H](NC(=O)CCc1ccccc1)[C@@H]1C[C@@H]2CC[C@@H]1C2. The first kappa shape index (κ1) is 13.7. The third kappa shape index (κ3) is 3.05. The van der Waals surface area contributed by atoms with Gasteiger partial charge in [0.15, 0.2) is 0 Å². The summed E-state index contributed by atoms with van der Waals surface area (Å²) >= 11 is 0. The van der Waals surface area contributed by atoms with E-state index in [1.807, 2.05) is 18.2 Å². The molecule has 1 amide bonds. The molecule has 0 unspecified atom stereocenters. The maximum atomic E-state index is 12.1. The van der Waals surface area contributed by atoms with Crippen LogP contribution in [0.4, 0.5) is 0 Å². The molecule has 3 rings (SSSR count). The van der Waals surface area contributed by atoms with E-state index < -0.39 is 0 Å². The van der Waals surface area contributed by atoms with Crippen LogP contribution in [0, 0.1) is 17.8 Å². The van der Waals surface area contributed by atoms with Crippen molar-refractivity contribution < 1.29 is 4.79 Å². The predicted octanol–water partition coefficient (Wildman–Crippen LogP) is 3.56. The summed E-state index contributed by atoms with van der Waals surface area (Å²) in [7, 11) is 0. The topological polar surface area (TPSA) is 29.1 Å². The molecule has 0 radical (unpaired) electrons. The minimum atomic E-state index is 0.212. The Kier molecular flexibility index (Phi) is 4.09. The number of rotatable bonds is 5. The smallest absolute Gasteiger partial charge is 0.220 e. The average molecular weight is 271 g/mol. The van der Waals surface area contributed by atoms with Crippen molar-refractivity contribution in [1.29, 1.82) is 0 Å². The Hall–Kier alpha value is -1.31. The lowest BCUT2D eigenvalue weighted by molar-refractivity contribution is -0.122. The molecule has 2 heteroatoms. The molecule has 2 aliphatic rings. The van der Waals surface area contributed by atoms with Crippen LogP contribution in [0.5, 0.6) is 0 Å². The van der Waals surface area contributed by atoms with Gasteiger partial charge in [0.1, 0.15) is 0 Å². The molecule has 0 heterocycles. The number of hydrogen-bond acceptors (Lipinski definition) is 1. The molecule has 108 valence electrons. The van der Waals surface area contributed by atoms with E-state index in [-0.39, 0.29) is 5.91 Å². The predicted molar refractivity (Wildman–Crippen MR) is 81.3 cm³/mol. The Balaban J connectivity index is 1.44. The van der Waals surface area contributed by atoms with Crippen LogP contribution >= 0.6 is 0 Å². The normalized spacial score (nSPS) is 29.4. The zero-order valence-corrected chi connectivity index (χ0v) is 12.3. The molecule has 2 bridgehead atoms. The highest BCUT2D eigenvalue weighted by atomic mass is 16.1. The second-order valence-electron chi connectivity index (χ2n) is 6.68. The maximum Gasteiger partial charge on any atom is 0.220 e. The maximum absolute atomic E-state index is 12.1. The van der Waals surface area contributed by atoms with Crippen molar-refractivity contribution in [3.63, 3.8) is 0 Å². The molecule has 0 saturated heterocycles. The number of nitrogens with one attached hydrogen (secondary N) is 1. The third-order valence-corrected chi connectivity index (χ3v) is 5.31. The molecule has 1 aromatic rings. The molecule has 2 fully saturated rings. The molecule has 1 aromatic carbocycles. The first-order valence-electron chi connectivity index (χ1n) is 8.05. The van der Waals surface area contributed by atoms with Crippen molar-refractivity contribution in [2.45, 2.75) is 51.5 Å². The monoisotopic (exact) mass is 271 g/mol. The molecular formula is C18H25NO. The summed E-state index contributed by atoms with van der Waals surface area (Å²) in [5.74, 6) is 2.77. The number of carbonyl (C=O) groups is 1. The van der Waals surface area contributed by atoms with Gasteiger partial charge in [-0.3, -0.25) is 4.79 Å². The Morgan fingerprint density at radius 1 is 1.25 bits per heavy atom. The van der Waals surface area contributed by atoms with Crippen LogP contribution in [0.15, 0.2) is 30.3 Å². The average Bonchev–Trinajstić information content (AvgIpc) is 3.09. The fourth-order valence-corrected chi connectivity index (χ4v) is 4.24. The van der Waals surface area contributed by atoms with Crippen LogP contribution in [-0.2, 0) is 11.2 Å². The Bertz CT molecular complexity index is 456. The highest BCUT2D eigenvalue weighted by Gasteiger charge is 2.41. The number of amides is 1. The third-order valence-electron chi connectivity index (χ3n) is 5.31. The number of benzene rings is 1. The van der Waals surface area contributed by atoms with E-state index in [1.54, 1.807) is 0 Å². The molecule has 0 aliphatic heterocycles. The van der Waals surface area contributed by atoms with Crippen molar-refractivity contribution in [1.82, 2.24) is 5.32 Å². The van der Waals surface area contributed by atoms with Gasteiger partial charge >= 0.3 is 0 Å². The minimum absolute atomic E-state index is 0.212. The molecule has 20 heavy (non-hydrogen) atoms. The van der Waals surface area contributed by atoms with Gasteiger partial charge in [-0.15, -0.1) is 0 Å². The minimum Gasteiger partial charge on any atom is -0.353 e. The Labute approximate surface area is 122 Å². The fraction of sp³-hybridized carbons (Fsp3) is 0.611. The van der Waals surface area contributed by atoms with Crippen molar-refractivity contribution in [3.8, 4) is 0 Å². The summed E-state index contributed by atoms with van der Waals surface area (Å²) in [4.78, 5) is 12.1. The number of carbonyl (C=O) groups excluding carboxylic acids is 1. The summed E-state index contributed by atoms with van der Waals surface area (Å²) in [6, 6.07) is 10.6. The van der Waals surface area contributed by atoms with E-state index in [1.165, 1.54) is 31.2 Å². The van der Waals surface area contributed by atoms with Gasteiger partial charge in [-0.05, 0) is 55.9 Å². The molecule has 2 nitrogen and oxygen atoms in total. The van der Waals surface area contributed by atoms with E-state index >= 15 is 0 Å². The largest absolute Gasteiger partial charge is 0.353 e. The highest BCUT2D eigenvalue weighted by Crippen LogP contribution is 2.49. The van der Waals surface area contributed by atoms with Crippen molar-refractivity contribution in [2.24, 2.45) is 17.8 Å². The number of fused-ring (bicyclic) bond motifs is 2. The molecule has 4 atom stereocenters. The van der Waals surface area contributed by atoms with Crippen LogP contribution in [-0.4, -0.2) is 11.9 Å². The van der Waals surface area contributed by atoms with E-state index in [0.29, 0.717) is 12.5 Å². The molecule has 0 spiro atoms. The lowest BCUT2D eigenvalue weighted by Gasteiger charge is -2.28. The summed E-state index contributed by atoms with van der Waals surface area (Å²) < 4.78 is 0. The van der Waals surface area contributed by atoms with E-state index in [0.717, 1.165) is 24.2 Å². The van der Waals surface area contributed by atoms with Gasteiger partial charge < -0.3 is 5.32 Å². The first-order chi connectivity index (χ1) is 9.72. The molecule has 0 aromatic heterocycles. The Morgan fingerprint density at radius 2 is 2.05 bits per heavy atom. The van der Waals surface area contributed by atoms with Crippen molar-refractivity contribution >= 4 is 5.91 Å². The van der Waals surface area contributed by atoms with Crippen LogP contribution < -0.4 is 5.32 Å².